The van der Waals surface area contributed by atoms with E-state index in [9.17, 15) is 0 Å². The fraction of sp³-hybridized carbons (Fsp3) is 0.533. The van der Waals surface area contributed by atoms with Crippen LogP contribution in [0.1, 0.15) is 37.8 Å². The van der Waals surface area contributed by atoms with Crippen LogP contribution in [0.25, 0.3) is 0 Å². The van der Waals surface area contributed by atoms with E-state index in [0.717, 1.165) is 30.1 Å². The molecule has 1 aromatic carbocycles. The van der Waals surface area contributed by atoms with E-state index >= 15 is 0 Å². The molecule has 0 amide bonds. The molecule has 0 unspecified atom stereocenters. The Kier molecular flexibility index (Phi) is 3.49. The largest absolute Gasteiger partial charge is 0.312 e. The maximum Gasteiger partial charge on any atom is 0.0995 e. The van der Waals surface area contributed by atoms with Crippen molar-refractivity contribution in [2.45, 2.75) is 33.2 Å². The molecule has 0 aliphatic heterocycles. The second-order valence-corrected chi connectivity index (χ2v) is 5.39. The van der Waals surface area contributed by atoms with Crippen LogP contribution in [0.2, 0.25) is 0 Å². The highest BCUT2D eigenvalue weighted by Gasteiger charge is 2.44. The number of nitrogens with zero attached hydrogens (tertiary/aromatic N) is 1. The molecular formula is C15H20N2. The molecule has 0 aromatic heterocycles. The molecule has 1 saturated carbocycles. The van der Waals surface area contributed by atoms with E-state index in [1.807, 2.05) is 24.3 Å². The lowest BCUT2D eigenvalue weighted by atomic mass is 9.92. The van der Waals surface area contributed by atoms with E-state index in [1.54, 1.807) is 0 Å². The van der Waals surface area contributed by atoms with Gasteiger partial charge in [-0.2, -0.15) is 5.26 Å². The van der Waals surface area contributed by atoms with E-state index in [2.05, 4.69) is 25.2 Å². The number of benzene rings is 1. The van der Waals surface area contributed by atoms with Crippen LogP contribution in [0.15, 0.2) is 24.3 Å². The van der Waals surface area contributed by atoms with Gasteiger partial charge in [0.25, 0.3) is 0 Å². The Hall–Kier alpha value is -1.33. The summed E-state index contributed by atoms with van der Waals surface area (Å²) < 4.78 is 0. The summed E-state index contributed by atoms with van der Waals surface area (Å²) in [6, 6.07) is 10.1. The fourth-order valence-electron chi connectivity index (χ4n) is 2.35. The van der Waals surface area contributed by atoms with Gasteiger partial charge in [-0.05, 0) is 35.8 Å². The molecule has 1 fully saturated rings. The first-order chi connectivity index (χ1) is 8.18. The van der Waals surface area contributed by atoms with Crippen molar-refractivity contribution in [3.63, 3.8) is 0 Å². The zero-order valence-electron chi connectivity index (χ0n) is 10.7. The van der Waals surface area contributed by atoms with Crippen molar-refractivity contribution >= 4 is 0 Å². The second-order valence-electron chi connectivity index (χ2n) is 5.39. The first-order valence-corrected chi connectivity index (χ1v) is 6.37. The molecule has 0 saturated heterocycles. The molecular weight excluding hydrogens is 208 g/mol. The summed E-state index contributed by atoms with van der Waals surface area (Å²) in [5, 5.41) is 12.5. The van der Waals surface area contributed by atoms with Crippen molar-refractivity contribution in [3.8, 4) is 6.07 Å². The van der Waals surface area contributed by atoms with Gasteiger partial charge < -0.3 is 5.32 Å². The van der Waals surface area contributed by atoms with Crippen LogP contribution >= 0.6 is 0 Å². The molecule has 0 bridgehead atoms. The van der Waals surface area contributed by atoms with Crippen molar-refractivity contribution in [2.24, 2.45) is 11.3 Å². The monoisotopic (exact) mass is 228 g/mol. The maximum atomic E-state index is 9.00. The first-order valence-electron chi connectivity index (χ1n) is 6.37. The van der Waals surface area contributed by atoms with Gasteiger partial charge in [-0.3, -0.25) is 0 Å². The molecule has 1 aromatic rings. The molecule has 2 nitrogen and oxygen atoms in total. The highest BCUT2D eigenvalue weighted by molar-refractivity contribution is 5.37. The van der Waals surface area contributed by atoms with Crippen LogP contribution in [0.3, 0.4) is 0 Å². The Labute approximate surface area is 104 Å². The second kappa shape index (κ2) is 4.89. The zero-order valence-corrected chi connectivity index (χ0v) is 10.7. The van der Waals surface area contributed by atoms with E-state index in [1.165, 1.54) is 12.8 Å². The van der Waals surface area contributed by atoms with Gasteiger partial charge in [0.1, 0.15) is 0 Å². The quantitative estimate of drug-likeness (QED) is 0.840. The number of nitriles is 1. The van der Waals surface area contributed by atoms with Gasteiger partial charge >= 0.3 is 0 Å². The van der Waals surface area contributed by atoms with E-state index < -0.39 is 0 Å². The van der Waals surface area contributed by atoms with Gasteiger partial charge in [0.05, 0.1) is 11.6 Å². The normalized spacial score (nSPS) is 16.8. The predicted molar refractivity (Wildman–Crippen MR) is 69.4 cm³/mol. The summed E-state index contributed by atoms with van der Waals surface area (Å²) in [5.41, 5.74) is 2.42. The average molecular weight is 228 g/mol. The molecule has 1 aliphatic rings. The number of rotatable bonds is 5. The van der Waals surface area contributed by atoms with Gasteiger partial charge in [-0.25, -0.2) is 0 Å². The van der Waals surface area contributed by atoms with E-state index in [4.69, 9.17) is 5.26 Å². The van der Waals surface area contributed by atoms with Crippen molar-refractivity contribution in [2.75, 3.05) is 6.54 Å². The Morgan fingerprint density at radius 3 is 2.65 bits per heavy atom. The summed E-state index contributed by atoms with van der Waals surface area (Å²) in [7, 11) is 0. The highest BCUT2D eigenvalue weighted by Crippen LogP contribution is 2.51. The third kappa shape index (κ3) is 2.68. The van der Waals surface area contributed by atoms with Gasteiger partial charge in [0, 0.05) is 13.1 Å². The van der Waals surface area contributed by atoms with E-state index in [0.29, 0.717) is 5.41 Å². The molecule has 17 heavy (non-hydrogen) atoms. The lowest BCUT2D eigenvalue weighted by molar-refractivity contribution is 0.338. The minimum atomic E-state index is 0.529. The van der Waals surface area contributed by atoms with Gasteiger partial charge in [0.15, 0.2) is 0 Å². The molecule has 0 atom stereocenters. The molecule has 0 heterocycles. The van der Waals surface area contributed by atoms with Gasteiger partial charge in [0.2, 0.25) is 0 Å². The molecule has 2 heteroatoms. The van der Waals surface area contributed by atoms with Crippen LogP contribution in [-0.4, -0.2) is 6.54 Å². The number of hydrogen-bond donors (Lipinski definition) is 1. The van der Waals surface area contributed by atoms with Crippen molar-refractivity contribution in [1.29, 1.82) is 5.26 Å². The molecule has 0 spiro atoms. The zero-order chi connectivity index (χ0) is 12.3. The smallest absolute Gasteiger partial charge is 0.0995 e. The van der Waals surface area contributed by atoms with Crippen LogP contribution < -0.4 is 5.32 Å². The summed E-state index contributed by atoms with van der Waals surface area (Å²) >= 11 is 0. The van der Waals surface area contributed by atoms with Crippen LogP contribution in [0, 0.1) is 22.7 Å². The number of nitrogens with one attached hydrogen (secondary N) is 1. The lowest BCUT2D eigenvalue weighted by Gasteiger charge is -2.20. The standard InChI is InChI=1S/C15H20N2/c1-12(2)15(7-8-15)11-17-10-14-6-4-3-5-13(14)9-16/h3-6,12,17H,7-8,10-11H2,1-2H3. The van der Waals surface area contributed by atoms with Gasteiger partial charge in [-0.15, -0.1) is 0 Å². The Bertz CT molecular complexity index is 425. The minimum Gasteiger partial charge on any atom is -0.312 e. The molecule has 90 valence electrons. The topological polar surface area (TPSA) is 35.8 Å². The molecule has 0 radical (unpaired) electrons. The Balaban J connectivity index is 1.89. The number of hydrogen-bond acceptors (Lipinski definition) is 2. The van der Waals surface area contributed by atoms with Crippen molar-refractivity contribution < 1.29 is 0 Å². The summed E-state index contributed by atoms with van der Waals surface area (Å²) in [6.07, 6.45) is 2.69. The molecule has 1 N–H and O–H groups in total. The van der Waals surface area contributed by atoms with E-state index in [-0.39, 0.29) is 0 Å². The maximum absolute atomic E-state index is 9.00. The third-order valence-electron chi connectivity index (χ3n) is 4.05. The summed E-state index contributed by atoms with van der Waals surface area (Å²) in [4.78, 5) is 0. The van der Waals surface area contributed by atoms with Crippen LogP contribution in [-0.2, 0) is 6.54 Å². The SMILES string of the molecule is CC(C)C1(CNCc2ccccc2C#N)CC1. The first kappa shape index (κ1) is 12.1. The van der Waals surface area contributed by atoms with Crippen LogP contribution in [0.5, 0.6) is 0 Å². The van der Waals surface area contributed by atoms with Gasteiger partial charge in [-0.1, -0.05) is 32.0 Å². The minimum absolute atomic E-state index is 0.529. The third-order valence-corrected chi connectivity index (χ3v) is 4.05. The Morgan fingerprint density at radius 1 is 1.35 bits per heavy atom. The summed E-state index contributed by atoms with van der Waals surface area (Å²) in [6.45, 7) is 6.48. The average Bonchev–Trinajstić information content (AvgIpc) is 3.11. The highest BCUT2D eigenvalue weighted by atomic mass is 14.9. The molecule has 1 aliphatic carbocycles. The Morgan fingerprint density at radius 2 is 2.06 bits per heavy atom. The lowest BCUT2D eigenvalue weighted by Crippen LogP contribution is -2.27. The van der Waals surface area contributed by atoms with Crippen LogP contribution in [0.4, 0.5) is 0 Å². The molecule has 2 rings (SSSR count). The van der Waals surface area contributed by atoms with Crippen molar-refractivity contribution in [3.05, 3.63) is 35.4 Å². The predicted octanol–water partition coefficient (Wildman–Crippen LogP) is 3.08. The summed E-state index contributed by atoms with van der Waals surface area (Å²) in [5.74, 6) is 0.751. The van der Waals surface area contributed by atoms with Crippen molar-refractivity contribution in [1.82, 2.24) is 5.32 Å². The fourth-order valence-corrected chi connectivity index (χ4v) is 2.35.